The molecule has 4 N–H and O–H groups in total. The maximum atomic E-state index is 12.7. The van der Waals surface area contributed by atoms with Gasteiger partial charge in [-0.2, -0.15) is 5.10 Å². The molecule has 1 aromatic carbocycles. The standard InChI is InChI=1S/C74H126N5O10PS2/c1-5-7-9-11-13-15-17-19-21-23-24-26-28-30-32-34-36-40-54-74(53-39-35-33-31-29-27-25-22-20-18-16-14-12-10-8-6-2)87-64-69(88-74)51-57-78(4)56-42-38-37-41-55-75-71(81)45-43-58-86-68-49-47-66(48-50-68)65(3)76-77-72(82)52-60-92-91-59-44-46-73(83)79-62-70(89-90(84)85)61-67(79)63-80/h13-16,19-22,47-50,67,69-70,80H,5-12,17-18,23-46,51-64H2,1-4H3,(H2-,75,77,81,82,84,85)/p+1/b15-13-,16-14-,21-19-,22-20-,76-65+/t67-,69?,70+,74?/m0/s1. The van der Waals surface area contributed by atoms with Gasteiger partial charge in [-0.1, -0.05) is 187 Å². The highest BCUT2D eigenvalue weighted by molar-refractivity contribution is 8.76. The molecule has 15 nitrogen and oxygen atoms in total. The first-order chi connectivity index (χ1) is 45.0. The summed E-state index contributed by atoms with van der Waals surface area (Å²) >= 11 is 0. The van der Waals surface area contributed by atoms with Crippen LogP contribution in [0.15, 0.2) is 78.0 Å². The van der Waals surface area contributed by atoms with Crippen molar-refractivity contribution >= 4 is 53.3 Å². The van der Waals surface area contributed by atoms with Crippen molar-refractivity contribution in [1.82, 2.24) is 20.5 Å². The highest BCUT2D eigenvalue weighted by atomic mass is 33.1. The zero-order valence-corrected chi connectivity index (χ0v) is 60.4. The highest BCUT2D eigenvalue weighted by Crippen LogP contribution is 2.36. The van der Waals surface area contributed by atoms with Crippen LogP contribution in [0.25, 0.3) is 0 Å². The van der Waals surface area contributed by atoms with E-state index in [-0.39, 0.29) is 37.0 Å². The van der Waals surface area contributed by atoms with E-state index in [0.29, 0.717) is 75.5 Å². The summed E-state index contributed by atoms with van der Waals surface area (Å²) in [5, 5.41) is 17.0. The van der Waals surface area contributed by atoms with Crippen molar-refractivity contribution in [2.24, 2.45) is 5.10 Å². The molecule has 0 spiro atoms. The number of carbonyl (C=O) groups excluding carboxylic acids is 3. The third kappa shape index (κ3) is 43.6. The zero-order chi connectivity index (χ0) is 66.2. The van der Waals surface area contributed by atoms with Crippen molar-refractivity contribution < 1.29 is 47.7 Å². The molecule has 1 aromatic rings. The fourth-order valence-electron chi connectivity index (χ4n) is 11.6. The lowest BCUT2D eigenvalue weighted by molar-refractivity contribution is -0.180. The van der Waals surface area contributed by atoms with Crippen molar-refractivity contribution in [3.8, 4) is 5.75 Å². The first kappa shape index (κ1) is 82.8. The Balaban J connectivity index is 1.21. The lowest BCUT2D eigenvalue weighted by Crippen LogP contribution is -2.37. The molecule has 0 saturated carbocycles. The average molecular weight is 1340 g/mol. The number of hydrogen-bond acceptors (Lipinski definition) is 13. The van der Waals surface area contributed by atoms with Gasteiger partial charge in [-0.3, -0.25) is 14.4 Å². The number of allylic oxidation sites excluding steroid dienone is 8. The van der Waals surface area contributed by atoms with Crippen LogP contribution >= 0.6 is 29.8 Å². The van der Waals surface area contributed by atoms with Gasteiger partial charge in [0, 0.05) is 67.7 Å². The van der Waals surface area contributed by atoms with Crippen LogP contribution < -0.4 is 15.5 Å². The quantitative estimate of drug-likeness (QED) is 0.0121. The summed E-state index contributed by atoms with van der Waals surface area (Å²) in [6.07, 6.45) is 61.4. The minimum atomic E-state index is -2.76. The van der Waals surface area contributed by atoms with Gasteiger partial charge in [0.15, 0.2) is 5.79 Å². The molecule has 524 valence electrons. The number of nitrogens with zero attached hydrogens (tertiary/aromatic N) is 3. The largest absolute Gasteiger partial charge is 0.695 e. The van der Waals surface area contributed by atoms with E-state index in [0.717, 1.165) is 82.2 Å². The summed E-state index contributed by atoms with van der Waals surface area (Å²) in [7, 11) is 2.62. The maximum absolute atomic E-state index is 12.7. The lowest BCUT2D eigenvalue weighted by atomic mass is 9.98. The third-order valence-corrected chi connectivity index (χ3v) is 20.2. The Kier molecular flexibility index (Phi) is 51.1. The zero-order valence-electron chi connectivity index (χ0n) is 57.9. The molecule has 2 aliphatic heterocycles. The summed E-state index contributed by atoms with van der Waals surface area (Å²) < 4.78 is 35.4. The third-order valence-electron chi connectivity index (χ3n) is 17.2. The van der Waals surface area contributed by atoms with Crippen LogP contribution in [-0.2, 0) is 32.9 Å². The van der Waals surface area contributed by atoms with Gasteiger partial charge in [0.25, 0.3) is 0 Å². The van der Waals surface area contributed by atoms with Crippen LogP contribution in [0.2, 0.25) is 0 Å². The second-order valence-corrected chi connectivity index (χ2v) is 28.9. The van der Waals surface area contributed by atoms with Crippen LogP contribution in [0.5, 0.6) is 5.75 Å². The fraction of sp³-hybridized carbons (Fsp3) is 0.757. The molecule has 2 fully saturated rings. The van der Waals surface area contributed by atoms with Crippen LogP contribution in [0.3, 0.4) is 0 Å². The van der Waals surface area contributed by atoms with Gasteiger partial charge in [-0.05, 0) is 159 Å². The Morgan fingerprint density at radius 3 is 1.83 bits per heavy atom. The number of rotatable bonds is 60. The van der Waals surface area contributed by atoms with E-state index in [9.17, 15) is 24.1 Å². The van der Waals surface area contributed by atoms with E-state index in [2.05, 4.69) is 90.2 Å². The number of unbranched alkanes of at least 4 members (excludes halogenated alkanes) is 23. The van der Waals surface area contributed by atoms with Gasteiger partial charge in [-0.15, -0.1) is 9.42 Å². The van der Waals surface area contributed by atoms with E-state index in [1.54, 1.807) is 21.6 Å². The number of hydrogen-bond donors (Lipinski definition) is 4. The van der Waals surface area contributed by atoms with Crippen LogP contribution in [0, 0.1) is 0 Å². The van der Waals surface area contributed by atoms with Crippen molar-refractivity contribution in [3.63, 3.8) is 0 Å². The minimum absolute atomic E-state index is 0.0545. The van der Waals surface area contributed by atoms with Gasteiger partial charge in [0.05, 0.1) is 44.2 Å². The average Bonchev–Trinajstić information content (AvgIpc) is 1.84. The summed E-state index contributed by atoms with van der Waals surface area (Å²) in [6.45, 7) is 10.2. The topological polar surface area (TPSA) is 189 Å². The summed E-state index contributed by atoms with van der Waals surface area (Å²) in [6, 6.07) is 7.11. The SMILES string of the molecule is CCCCC/C=C\C/C=C\CCCCCCCCCCC1(CCCCCCCC/C=C\C/C=C\CCCCC)OCC(CCN(C)CCCCCCNC(=O)CCCOc2ccc(/C(C)=N/NC(=O)CCSSCCCC(=O)N3C[C@H](O[P+](=O)O)C[C@H]3CO)cc2)O1. The van der Waals surface area contributed by atoms with Crippen molar-refractivity contribution in [2.75, 3.05) is 64.6 Å². The molecule has 3 rings (SSSR count). The lowest BCUT2D eigenvalue weighted by Gasteiger charge is -2.29. The van der Waals surface area contributed by atoms with E-state index in [1.165, 1.54) is 159 Å². The Hall–Kier alpha value is -3.38. The van der Waals surface area contributed by atoms with Gasteiger partial charge < -0.3 is 34.4 Å². The predicted molar refractivity (Wildman–Crippen MR) is 387 cm³/mol. The Bertz CT molecular complexity index is 2200. The van der Waals surface area contributed by atoms with Gasteiger partial charge in [0.1, 0.15) is 11.9 Å². The summed E-state index contributed by atoms with van der Waals surface area (Å²) in [5.41, 5.74) is 4.15. The summed E-state index contributed by atoms with van der Waals surface area (Å²) in [4.78, 5) is 50.7. The molecular formula is C74H127N5O10PS2+. The number of benzene rings is 1. The second kappa shape index (κ2) is 56.8. The number of hydrazone groups is 1. The van der Waals surface area contributed by atoms with Gasteiger partial charge >= 0.3 is 8.25 Å². The minimum Gasteiger partial charge on any atom is -0.494 e. The molecule has 0 bridgehead atoms. The molecular weight excluding hydrogens is 1210 g/mol. The molecule has 0 aromatic heterocycles. The first-order valence-corrected chi connectivity index (χ1v) is 40.0. The molecule has 92 heavy (non-hydrogen) atoms. The normalized spacial score (nSPS) is 18.1. The molecule has 18 heteroatoms. The molecule has 2 saturated heterocycles. The van der Waals surface area contributed by atoms with Gasteiger partial charge in [0.2, 0.25) is 17.7 Å². The first-order valence-electron chi connectivity index (χ1n) is 36.4. The fourth-order valence-corrected chi connectivity index (χ4v) is 14.1. The van der Waals surface area contributed by atoms with E-state index < -0.39 is 26.2 Å². The van der Waals surface area contributed by atoms with E-state index >= 15 is 0 Å². The maximum Gasteiger partial charge on any atom is 0.695 e. The van der Waals surface area contributed by atoms with Crippen LogP contribution in [0.1, 0.15) is 277 Å². The number of carbonyl (C=O) groups is 3. The molecule has 0 aliphatic carbocycles. The van der Waals surface area contributed by atoms with Crippen molar-refractivity contribution in [1.29, 1.82) is 0 Å². The number of amides is 3. The highest BCUT2D eigenvalue weighted by Gasteiger charge is 2.41. The molecule has 5 atom stereocenters. The Morgan fingerprint density at radius 2 is 1.24 bits per heavy atom. The molecule has 3 unspecified atom stereocenters. The van der Waals surface area contributed by atoms with E-state index in [1.807, 2.05) is 31.2 Å². The number of aliphatic hydroxyl groups is 1. The van der Waals surface area contributed by atoms with Crippen molar-refractivity contribution in [2.45, 2.75) is 295 Å². The van der Waals surface area contributed by atoms with Crippen molar-refractivity contribution in [3.05, 3.63) is 78.4 Å². The molecule has 0 radical (unpaired) electrons. The number of ether oxygens (including phenoxy) is 3. The Morgan fingerprint density at radius 1 is 0.685 bits per heavy atom. The second-order valence-electron chi connectivity index (χ2n) is 25.5. The van der Waals surface area contributed by atoms with Gasteiger partial charge in [-0.25, -0.2) is 5.43 Å². The number of likely N-dealkylation sites (tertiary alicyclic amines) is 1. The summed E-state index contributed by atoms with van der Waals surface area (Å²) in [5.74, 6) is 1.36. The smallest absolute Gasteiger partial charge is 0.494 e. The molecule has 2 aliphatic rings. The number of nitrogens with one attached hydrogen (secondary N) is 2. The molecule has 2 heterocycles. The molecule has 3 amide bonds. The predicted octanol–water partition coefficient (Wildman–Crippen LogP) is 18.2. The monoisotopic (exact) mass is 1340 g/mol. The van der Waals surface area contributed by atoms with Crippen LogP contribution in [-0.4, -0.2) is 132 Å². The van der Waals surface area contributed by atoms with Crippen LogP contribution in [0.4, 0.5) is 0 Å². The van der Waals surface area contributed by atoms with E-state index in [4.69, 9.17) is 23.6 Å². The number of aliphatic hydroxyl groups excluding tert-OH is 1. The Labute approximate surface area is 567 Å².